The van der Waals surface area contributed by atoms with Crippen LogP contribution in [0.1, 0.15) is 11.1 Å². The molecule has 0 saturated heterocycles. The summed E-state index contributed by atoms with van der Waals surface area (Å²) >= 11 is 0. The molecule has 6 heteroatoms. The van der Waals surface area contributed by atoms with E-state index >= 15 is 0 Å². The van der Waals surface area contributed by atoms with Gasteiger partial charge in [0.15, 0.2) is 0 Å². The maximum absolute atomic E-state index is 10.6. The number of para-hydroxylation sites is 1. The van der Waals surface area contributed by atoms with Gasteiger partial charge in [0.25, 0.3) is 0 Å². The van der Waals surface area contributed by atoms with Gasteiger partial charge in [-0.1, -0.05) is 24.3 Å². The number of aromatic amines is 1. The number of benzene rings is 2. The lowest BCUT2D eigenvalue weighted by atomic mass is 10.0. The Labute approximate surface area is 120 Å². The number of aromatic nitrogens is 2. The van der Waals surface area contributed by atoms with Gasteiger partial charge in [0.05, 0.1) is 11.0 Å². The molecule has 0 saturated carbocycles. The monoisotopic (exact) mass is 283 g/mol. The Morgan fingerprint density at radius 1 is 1.24 bits per heavy atom. The van der Waals surface area contributed by atoms with Gasteiger partial charge in [0, 0.05) is 6.42 Å². The van der Waals surface area contributed by atoms with Crippen LogP contribution in [0.5, 0.6) is 5.75 Å². The Morgan fingerprint density at radius 2 is 2.05 bits per heavy atom. The lowest BCUT2D eigenvalue weighted by molar-refractivity contribution is 0.209. The van der Waals surface area contributed by atoms with Crippen LogP contribution < -0.4 is 5.32 Å². The van der Waals surface area contributed by atoms with Gasteiger partial charge < -0.3 is 15.2 Å². The van der Waals surface area contributed by atoms with Gasteiger partial charge in [-0.2, -0.15) is 0 Å². The second kappa shape index (κ2) is 5.16. The molecule has 0 radical (unpaired) electrons. The first-order chi connectivity index (χ1) is 10.1. The molecule has 0 aliphatic carbocycles. The van der Waals surface area contributed by atoms with E-state index < -0.39 is 6.09 Å². The van der Waals surface area contributed by atoms with Gasteiger partial charge in [0.1, 0.15) is 5.75 Å². The highest BCUT2D eigenvalue weighted by Crippen LogP contribution is 2.22. The molecular weight excluding hydrogens is 270 g/mol. The molecule has 6 nitrogen and oxygen atoms in total. The first kappa shape index (κ1) is 13.0. The molecule has 0 aliphatic heterocycles. The summed E-state index contributed by atoms with van der Waals surface area (Å²) in [6.45, 7) is 0. The summed E-state index contributed by atoms with van der Waals surface area (Å²) in [6.07, 6.45) is -0.577. The molecule has 1 heterocycles. The van der Waals surface area contributed by atoms with Gasteiger partial charge in [0.2, 0.25) is 5.95 Å². The van der Waals surface area contributed by atoms with Crippen LogP contribution in [0.3, 0.4) is 0 Å². The quantitative estimate of drug-likeness (QED) is 0.594. The number of fused-ring (bicyclic) bond motifs is 1. The minimum atomic E-state index is -1.16. The van der Waals surface area contributed by atoms with Crippen molar-refractivity contribution < 1.29 is 15.0 Å². The van der Waals surface area contributed by atoms with Crippen LogP contribution in [0.25, 0.3) is 11.0 Å². The molecule has 0 atom stereocenters. The maximum Gasteiger partial charge on any atom is 0.411 e. The van der Waals surface area contributed by atoms with Crippen molar-refractivity contribution in [1.82, 2.24) is 9.97 Å². The first-order valence-corrected chi connectivity index (χ1v) is 6.37. The molecule has 21 heavy (non-hydrogen) atoms. The Morgan fingerprint density at radius 3 is 2.81 bits per heavy atom. The van der Waals surface area contributed by atoms with E-state index in [1.54, 1.807) is 12.1 Å². The summed E-state index contributed by atoms with van der Waals surface area (Å²) in [5.74, 6) is 0.452. The highest BCUT2D eigenvalue weighted by atomic mass is 16.4. The number of nitrogens with one attached hydrogen (secondary N) is 2. The maximum atomic E-state index is 10.6. The number of phenols is 1. The van der Waals surface area contributed by atoms with E-state index in [4.69, 9.17) is 5.11 Å². The molecule has 1 amide bonds. The van der Waals surface area contributed by atoms with Crippen LogP contribution in [0, 0.1) is 0 Å². The van der Waals surface area contributed by atoms with Gasteiger partial charge in [-0.05, 0) is 29.3 Å². The van der Waals surface area contributed by atoms with E-state index in [9.17, 15) is 9.90 Å². The molecule has 0 unspecified atom stereocenters. The zero-order valence-electron chi connectivity index (χ0n) is 11.0. The highest BCUT2D eigenvalue weighted by Gasteiger charge is 2.07. The molecule has 2 aromatic carbocycles. The third kappa shape index (κ3) is 2.79. The van der Waals surface area contributed by atoms with Crippen LogP contribution in [0.15, 0.2) is 42.5 Å². The second-order valence-corrected chi connectivity index (χ2v) is 4.67. The molecular formula is C15H13N3O3. The fourth-order valence-electron chi connectivity index (χ4n) is 2.21. The van der Waals surface area contributed by atoms with Crippen LogP contribution in [0.2, 0.25) is 0 Å². The van der Waals surface area contributed by atoms with Crippen molar-refractivity contribution in [3.05, 3.63) is 53.6 Å². The number of phenolic OH excluding ortho intramolecular Hbond substituents is 1. The average molecular weight is 283 g/mol. The summed E-state index contributed by atoms with van der Waals surface area (Å²) in [5, 5.41) is 20.6. The van der Waals surface area contributed by atoms with E-state index in [1.807, 2.05) is 30.3 Å². The third-order valence-electron chi connectivity index (χ3n) is 3.16. The Bertz CT molecular complexity index is 811. The molecule has 1 aromatic heterocycles. The van der Waals surface area contributed by atoms with Crippen molar-refractivity contribution in [2.75, 3.05) is 5.32 Å². The number of carbonyl (C=O) groups is 1. The Balaban J connectivity index is 1.90. The highest BCUT2D eigenvalue weighted by molar-refractivity contribution is 5.85. The van der Waals surface area contributed by atoms with Crippen LogP contribution in [0.4, 0.5) is 10.7 Å². The first-order valence-electron chi connectivity index (χ1n) is 6.37. The SMILES string of the molecule is O=C(O)Nc1nc2ccc(Cc3ccccc3O)cc2[nH]1. The smallest absolute Gasteiger partial charge is 0.411 e. The lowest BCUT2D eigenvalue weighted by Gasteiger charge is -2.04. The largest absolute Gasteiger partial charge is 0.508 e. The van der Waals surface area contributed by atoms with Crippen molar-refractivity contribution in [3.8, 4) is 5.75 Å². The summed E-state index contributed by atoms with van der Waals surface area (Å²) in [7, 11) is 0. The minimum Gasteiger partial charge on any atom is -0.508 e. The molecule has 4 N–H and O–H groups in total. The summed E-state index contributed by atoms with van der Waals surface area (Å²) in [4.78, 5) is 17.6. The van der Waals surface area contributed by atoms with Crippen molar-refractivity contribution >= 4 is 23.1 Å². The number of anilines is 1. The second-order valence-electron chi connectivity index (χ2n) is 4.67. The number of hydrogen-bond donors (Lipinski definition) is 4. The van der Waals surface area contributed by atoms with Gasteiger partial charge in [-0.3, -0.25) is 5.32 Å². The summed E-state index contributed by atoms with van der Waals surface area (Å²) in [5.41, 5.74) is 3.25. The van der Waals surface area contributed by atoms with Crippen LogP contribution in [-0.2, 0) is 6.42 Å². The molecule has 3 rings (SSSR count). The predicted octanol–water partition coefficient (Wildman–Crippen LogP) is 2.95. The fraction of sp³-hybridized carbons (Fsp3) is 0.0667. The standard InChI is InChI=1S/C15H13N3O3/c19-13-4-2-1-3-10(13)7-9-5-6-11-12(8-9)17-14(16-11)18-15(20)21/h1-6,8,19H,7H2,(H,20,21)(H2,16,17,18). The molecule has 0 spiro atoms. The van der Waals surface area contributed by atoms with E-state index in [-0.39, 0.29) is 11.7 Å². The molecule has 3 aromatic rings. The van der Waals surface area contributed by atoms with Gasteiger partial charge in [-0.15, -0.1) is 0 Å². The summed E-state index contributed by atoms with van der Waals surface area (Å²) < 4.78 is 0. The van der Waals surface area contributed by atoms with Crippen LogP contribution in [-0.4, -0.2) is 26.3 Å². The normalized spacial score (nSPS) is 10.7. The van der Waals surface area contributed by atoms with Crippen molar-refractivity contribution in [1.29, 1.82) is 0 Å². The predicted molar refractivity (Wildman–Crippen MR) is 78.7 cm³/mol. The number of H-pyrrole nitrogens is 1. The number of imidazole rings is 1. The van der Waals surface area contributed by atoms with E-state index in [0.717, 1.165) is 16.6 Å². The fourth-order valence-corrected chi connectivity index (χ4v) is 2.21. The zero-order valence-corrected chi connectivity index (χ0v) is 11.0. The number of nitrogens with zero attached hydrogens (tertiary/aromatic N) is 1. The van der Waals surface area contributed by atoms with Gasteiger partial charge >= 0.3 is 6.09 Å². The number of amides is 1. The van der Waals surface area contributed by atoms with Crippen molar-refractivity contribution in [2.24, 2.45) is 0 Å². The lowest BCUT2D eigenvalue weighted by Crippen LogP contribution is -2.08. The van der Waals surface area contributed by atoms with Crippen molar-refractivity contribution in [2.45, 2.75) is 6.42 Å². The molecule has 0 bridgehead atoms. The molecule has 0 aliphatic rings. The summed E-state index contributed by atoms with van der Waals surface area (Å²) in [6, 6.07) is 12.8. The minimum absolute atomic E-state index is 0.192. The number of aromatic hydroxyl groups is 1. The molecule has 106 valence electrons. The Kier molecular flexibility index (Phi) is 3.19. The number of hydrogen-bond acceptors (Lipinski definition) is 3. The zero-order chi connectivity index (χ0) is 14.8. The average Bonchev–Trinajstić information content (AvgIpc) is 2.82. The van der Waals surface area contributed by atoms with Gasteiger partial charge in [-0.25, -0.2) is 9.78 Å². The number of carboxylic acid groups (broad SMARTS) is 1. The molecule has 0 fully saturated rings. The van der Waals surface area contributed by atoms with E-state index in [0.29, 0.717) is 11.9 Å². The number of rotatable bonds is 3. The topological polar surface area (TPSA) is 98.2 Å². The third-order valence-corrected chi connectivity index (χ3v) is 3.16. The van der Waals surface area contributed by atoms with Crippen LogP contribution >= 0.6 is 0 Å². The van der Waals surface area contributed by atoms with E-state index in [1.165, 1.54) is 0 Å². The Hall–Kier alpha value is -3.02. The van der Waals surface area contributed by atoms with E-state index in [2.05, 4.69) is 15.3 Å². The van der Waals surface area contributed by atoms with Crippen molar-refractivity contribution in [3.63, 3.8) is 0 Å².